The van der Waals surface area contributed by atoms with Crippen LogP contribution < -0.4 is 0 Å². The molecular weight excluding hydrogens is 861 g/mol. The van der Waals surface area contributed by atoms with Crippen molar-refractivity contribution < 1.29 is 66.4 Å². The third kappa shape index (κ3) is 29.3. The molecule has 0 aromatic heterocycles. The van der Waals surface area contributed by atoms with E-state index >= 15 is 0 Å². The maximum absolute atomic E-state index is 11.8. The third-order valence-electron chi connectivity index (χ3n) is 10.3. The molecule has 67 heavy (non-hydrogen) atoms. The molecule has 0 unspecified atom stereocenters. The fraction of sp³-hybridized carbons (Fsp3) is 0.642. The number of unbranched alkanes of at least 4 members (excludes halogenated alkanes) is 6. The van der Waals surface area contributed by atoms with E-state index in [0.717, 1.165) is 29.5 Å². The first-order valence-electron chi connectivity index (χ1n) is 24.6. The molecule has 0 aliphatic carbocycles. The second-order valence-electron chi connectivity index (χ2n) is 15.5. The van der Waals surface area contributed by atoms with Gasteiger partial charge in [-0.2, -0.15) is 0 Å². The van der Waals surface area contributed by atoms with Crippen LogP contribution in [-0.4, -0.2) is 165 Å². The maximum atomic E-state index is 11.8. The highest BCUT2D eigenvalue weighted by atomic mass is 16.6. The summed E-state index contributed by atoms with van der Waals surface area (Å²) in [6, 6.07) is 31.0. The van der Waals surface area contributed by atoms with E-state index in [-0.39, 0.29) is 12.6 Å². The number of rotatable bonds is 48. The highest BCUT2D eigenvalue weighted by molar-refractivity contribution is 5.69. The Labute approximate surface area is 401 Å². The molecule has 0 N–H and O–H groups in total. The average Bonchev–Trinajstić information content (AvgIpc) is 3.36. The SMILES string of the molecule is CCCCCCCCCC(=O)OCCOCCOCCOCCOCCOCCOCCOCCOCCOCCOCCOCCOC(c1ccccc1)(c1ccccc1)c1ccccc1. The average molecular weight is 943 g/mol. The molecule has 3 aromatic carbocycles. The maximum Gasteiger partial charge on any atom is 0.305 e. The summed E-state index contributed by atoms with van der Waals surface area (Å²) < 4.78 is 73.3. The molecule has 0 aliphatic heterocycles. The van der Waals surface area contributed by atoms with E-state index in [1.54, 1.807) is 0 Å². The minimum Gasteiger partial charge on any atom is -0.463 e. The Morgan fingerprint density at radius 3 is 0.881 bits per heavy atom. The molecule has 0 saturated carbocycles. The smallest absolute Gasteiger partial charge is 0.305 e. The molecule has 14 heteroatoms. The van der Waals surface area contributed by atoms with E-state index in [4.69, 9.17) is 61.6 Å². The van der Waals surface area contributed by atoms with Crippen LogP contribution in [0.2, 0.25) is 0 Å². The normalized spacial score (nSPS) is 11.7. The van der Waals surface area contributed by atoms with Crippen molar-refractivity contribution >= 4 is 5.97 Å². The van der Waals surface area contributed by atoms with Crippen molar-refractivity contribution in [2.24, 2.45) is 0 Å². The summed E-state index contributed by atoms with van der Waals surface area (Å²) in [4.78, 5) is 11.8. The van der Waals surface area contributed by atoms with Crippen molar-refractivity contribution in [2.75, 3.05) is 159 Å². The van der Waals surface area contributed by atoms with Crippen LogP contribution in [-0.2, 0) is 72.0 Å². The summed E-state index contributed by atoms with van der Waals surface area (Å²) in [5.74, 6) is -0.143. The summed E-state index contributed by atoms with van der Waals surface area (Å²) in [7, 11) is 0. The summed E-state index contributed by atoms with van der Waals surface area (Å²) in [5.41, 5.74) is 2.43. The summed E-state index contributed by atoms with van der Waals surface area (Å²) in [5, 5.41) is 0. The van der Waals surface area contributed by atoms with Gasteiger partial charge < -0.3 is 61.6 Å². The van der Waals surface area contributed by atoms with Gasteiger partial charge in [0.1, 0.15) is 12.2 Å². The fourth-order valence-electron chi connectivity index (χ4n) is 6.84. The quantitative estimate of drug-likeness (QED) is 0.0309. The number of hydrogen-bond acceptors (Lipinski definition) is 14. The molecule has 3 aromatic rings. The number of ether oxygens (including phenoxy) is 13. The van der Waals surface area contributed by atoms with Crippen LogP contribution in [0.15, 0.2) is 91.0 Å². The monoisotopic (exact) mass is 943 g/mol. The summed E-state index contributed by atoms with van der Waals surface area (Å²) >= 11 is 0. The lowest BCUT2D eigenvalue weighted by atomic mass is 9.80. The van der Waals surface area contributed by atoms with Crippen molar-refractivity contribution in [3.05, 3.63) is 108 Å². The highest BCUT2D eigenvalue weighted by Crippen LogP contribution is 2.40. The predicted molar refractivity (Wildman–Crippen MR) is 258 cm³/mol. The second kappa shape index (κ2) is 42.7. The van der Waals surface area contributed by atoms with Gasteiger partial charge in [0.2, 0.25) is 0 Å². The van der Waals surface area contributed by atoms with E-state index in [0.29, 0.717) is 158 Å². The molecular formula is C53H82O14. The van der Waals surface area contributed by atoms with Gasteiger partial charge in [-0.3, -0.25) is 4.79 Å². The molecule has 0 amide bonds. The van der Waals surface area contributed by atoms with Gasteiger partial charge in [0.25, 0.3) is 0 Å². The van der Waals surface area contributed by atoms with E-state index < -0.39 is 5.60 Å². The summed E-state index contributed by atoms with van der Waals surface area (Å²) in [6.45, 7) is 13.4. The first-order chi connectivity index (χ1) is 33.3. The molecule has 0 fully saturated rings. The Kier molecular flexibility index (Phi) is 37.0. The van der Waals surface area contributed by atoms with Crippen LogP contribution in [0.4, 0.5) is 0 Å². The van der Waals surface area contributed by atoms with Crippen LogP contribution in [0.1, 0.15) is 75.0 Å². The second-order valence-corrected chi connectivity index (χ2v) is 15.5. The Morgan fingerprint density at radius 2 is 0.582 bits per heavy atom. The van der Waals surface area contributed by atoms with E-state index in [1.807, 2.05) is 54.6 Å². The van der Waals surface area contributed by atoms with Crippen molar-refractivity contribution in [3.63, 3.8) is 0 Å². The number of carbonyl (C=O) groups excluding carboxylic acids is 1. The largest absolute Gasteiger partial charge is 0.463 e. The molecule has 0 aliphatic rings. The van der Waals surface area contributed by atoms with Crippen LogP contribution in [0, 0.1) is 0 Å². The van der Waals surface area contributed by atoms with Crippen molar-refractivity contribution in [1.29, 1.82) is 0 Å². The van der Waals surface area contributed by atoms with Gasteiger partial charge in [0.05, 0.1) is 152 Å². The fourth-order valence-corrected chi connectivity index (χ4v) is 6.84. The minimum absolute atomic E-state index is 0.143. The third-order valence-corrected chi connectivity index (χ3v) is 10.3. The van der Waals surface area contributed by atoms with Crippen molar-refractivity contribution in [1.82, 2.24) is 0 Å². The first kappa shape index (κ1) is 58.0. The molecule has 0 radical (unpaired) electrons. The molecule has 14 nitrogen and oxygen atoms in total. The molecule has 378 valence electrons. The van der Waals surface area contributed by atoms with E-state index in [9.17, 15) is 4.79 Å². The molecule has 3 rings (SSSR count). The van der Waals surface area contributed by atoms with Crippen molar-refractivity contribution in [2.45, 2.75) is 63.9 Å². The Bertz CT molecular complexity index is 1410. The zero-order valence-corrected chi connectivity index (χ0v) is 40.5. The number of hydrogen-bond donors (Lipinski definition) is 0. The standard InChI is InChI=1S/C53H82O14/c1-2-3-4-5-6-7-17-24-52(54)66-47-45-64-43-41-62-39-37-60-35-33-58-31-29-56-27-25-55-26-28-57-30-32-59-34-36-61-38-40-63-42-44-65-46-48-67-53(49-18-11-8-12-19-49,50-20-13-9-14-21-50)51-22-15-10-16-23-51/h8-16,18-23H,2-7,17,24-48H2,1H3. The van der Waals surface area contributed by atoms with Gasteiger partial charge in [-0.15, -0.1) is 0 Å². The van der Waals surface area contributed by atoms with Gasteiger partial charge in [0, 0.05) is 6.42 Å². The summed E-state index contributed by atoms with van der Waals surface area (Å²) in [6.07, 6.45) is 8.77. The number of benzene rings is 3. The van der Waals surface area contributed by atoms with Crippen molar-refractivity contribution in [3.8, 4) is 0 Å². The van der Waals surface area contributed by atoms with Crippen LogP contribution in [0.3, 0.4) is 0 Å². The zero-order valence-electron chi connectivity index (χ0n) is 40.5. The van der Waals surface area contributed by atoms with Crippen LogP contribution in [0.5, 0.6) is 0 Å². The molecule has 0 saturated heterocycles. The molecule has 0 heterocycles. The predicted octanol–water partition coefficient (Wildman–Crippen LogP) is 7.86. The molecule has 0 spiro atoms. The lowest BCUT2D eigenvalue weighted by Crippen LogP contribution is -2.34. The molecule has 0 bridgehead atoms. The Morgan fingerprint density at radius 1 is 0.328 bits per heavy atom. The zero-order chi connectivity index (χ0) is 47.2. The van der Waals surface area contributed by atoms with Gasteiger partial charge >= 0.3 is 5.97 Å². The Balaban J connectivity index is 0.975. The van der Waals surface area contributed by atoms with Gasteiger partial charge in [-0.05, 0) is 23.1 Å². The lowest BCUT2D eigenvalue weighted by Gasteiger charge is -2.36. The minimum atomic E-state index is -0.758. The van der Waals surface area contributed by atoms with Gasteiger partial charge in [-0.25, -0.2) is 0 Å². The van der Waals surface area contributed by atoms with Gasteiger partial charge in [-0.1, -0.05) is 136 Å². The first-order valence-corrected chi connectivity index (χ1v) is 24.6. The van der Waals surface area contributed by atoms with E-state index in [2.05, 4.69) is 43.3 Å². The molecule has 0 atom stereocenters. The topological polar surface area (TPSA) is 137 Å². The number of carbonyl (C=O) groups is 1. The van der Waals surface area contributed by atoms with E-state index in [1.165, 1.54) is 32.1 Å². The number of esters is 1. The van der Waals surface area contributed by atoms with Crippen LogP contribution in [0.25, 0.3) is 0 Å². The Hall–Kier alpha value is -3.35. The highest BCUT2D eigenvalue weighted by Gasteiger charge is 2.37. The van der Waals surface area contributed by atoms with Crippen LogP contribution >= 0.6 is 0 Å². The van der Waals surface area contributed by atoms with Gasteiger partial charge in [0.15, 0.2) is 0 Å². The lowest BCUT2D eigenvalue weighted by molar-refractivity contribution is -0.145.